The van der Waals surface area contributed by atoms with Gasteiger partial charge < -0.3 is 5.32 Å². The molecule has 182 valence electrons. The van der Waals surface area contributed by atoms with Crippen LogP contribution in [0.4, 0.5) is 0 Å². The number of sulfonamides is 1. The highest BCUT2D eigenvalue weighted by Crippen LogP contribution is 2.60. The fourth-order valence-electron chi connectivity index (χ4n) is 7.18. The molecule has 0 saturated heterocycles. The van der Waals surface area contributed by atoms with Crippen molar-refractivity contribution in [1.82, 2.24) is 9.62 Å². The van der Waals surface area contributed by atoms with Gasteiger partial charge in [0.25, 0.3) is 0 Å². The Morgan fingerprint density at radius 1 is 1.17 bits per heavy atom. The Morgan fingerprint density at radius 2 is 1.86 bits per heavy atom. The number of halogens is 1. The van der Waals surface area contributed by atoms with Crippen LogP contribution in [-0.2, 0) is 14.8 Å². The van der Waals surface area contributed by atoms with Gasteiger partial charge in [-0.1, -0.05) is 17.7 Å². The van der Waals surface area contributed by atoms with Crippen LogP contribution in [0.3, 0.4) is 0 Å². The van der Waals surface area contributed by atoms with Crippen LogP contribution in [0.1, 0.15) is 44.1 Å². The number of fused-ring (bicyclic) bond motifs is 1. The predicted molar refractivity (Wildman–Crippen MR) is 131 cm³/mol. The van der Waals surface area contributed by atoms with Crippen molar-refractivity contribution in [3.05, 3.63) is 40.4 Å². The lowest BCUT2D eigenvalue weighted by Gasteiger charge is -2.55. The van der Waals surface area contributed by atoms with E-state index in [-0.39, 0.29) is 34.3 Å². The summed E-state index contributed by atoms with van der Waals surface area (Å²) in [7, 11) is -3.89. The molecule has 2 aliphatic heterocycles. The number of benzene rings is 1. The highest BCUT2D eigenvalue weighted by Gasteiger charge is 2.55. The molecule has 2 heterocycles. The number of aliphatic imine (C=N–C) groups is 2. The van der Waals surface area contributed by atoms with Crippen molar-refractivity contribution < 1.29 is 13.2 Å². The van der Waals surface area contributed by atoms with Crippen LogP contribution in [0.5, 0.6) is 0 Å². The molecule has 4 saturated carbocycles. The Hall–Kier alpha value is -2.54. The molecular formula is C25H26ClN5O3S. The molecule has 0 aromatic heterocycles. The summed E-state index contributed by atoms with van der Waals surface area (Å²) in [5, 5.41) is 12.2. The zero-order valence-corrected chi connectivity index (χ0v) is 20.7. The average molecular weight is 512 g/mol. The number of rotatable bonds is 3. The molecule has 10 heteroatoms. The molecule has 1 atom stereocenters. The Bertz CT molecular complexity index is 1310. The highest BCUT2D eigenvalue weighted by atomic mass is 35.5. The molecule has 1 aromatic carbocycles. The van der Waals surface area contributed by atoms with E-state index in [1.165, 1.54) is 48.1 Å². The first-order valence-electron chi connectivity index (χ1n) is 12.1. The van der Waals surface area contributed by atoms with E-state index in [4.69, 9.17) is 16.9 Å². The number of hydrogen-bond donors (Lipinski definition) is 1. The zero-order valence-electron chi connectivity index (χ0n) is 19.2. The van der Waals surface area contributed by atoms with Crippen LogP contribution in [0.25, 0.3) is 0 Å². The Kier molecular flexibility index (Phi) is 5.40. The Balaban J connectivity index is 1.21. The first-order chi connectivity index (χ1) is 16.8. The fraction of sp³-hybridized carbons (Fsp3) is 0.520. The lowest BCUT2D eigenvalue weighted by molar-refractivity contribution is -0.144. The summed E-state index contributed by atoms with van der Waals surface area (Å²) in [5.74, 6) is 2.54. The molecule has 7 rings (SSSR count). The van der Waals surface area contributed by atoms with Crippen LogP contribution < -0.4 is 5.32 Å². The Morgan fingerprint density at radius 3 is 2.49 bits per heavy atom. The second kappa shape index (κ2) is 8.26. The molecule has 4 fully saturated rings. The van der Waals surface area contributed by atoms with E-state index in [0.717, 1.165) is 24.8 Å². The second-order valence-electron chi connectivity index (χ2n) is 10.6. The molecule has 8 nitrogen and oxygen atoms in total. The van der Waals surface area contributed by atoms with Crippen molar-refractivity contribution in [1.29, 1.82) is 5.26 Å². The number of carbonyl (C=O) groups excluding carboxylic acids is 1. The minimum absolute atomic E-state index is 0.0102. The molecule has 1 unspecified atom stereocenters. The van der Waals surface area contributed by atoms with Crippen molar-refractivity contribution in [3.63, 3.8) is 0 Å². The molecular weight excluding hydrogens is 486 g/mol. The number of nitrogens with one attached hydrogen (secondary N) is 1. The van der Waals surface area contributed by atoms with Crippen molar-refractivity contribution in [3.8, 4) is 6.07 Å². The van der Waals surface area contributed by atoms with Crippen molar-refractivity contribution in [2.75, 3.05) is 13.1 Å². The largest absolute Gasteiger partial charge is 0.310 e. The molecule has 4 bridgehead atoms. The number of carbonyl (C=O) groups is 1. The first-order valence-corrected chi connectivity index (χ1v) is 13.9. The van der Waals surface area contributed by atoms with E-state index in [9.17, 15) is 13.2 Å². The van der Waals surface area contributed by atoms with Gasteiger partial charge in [0.1, 0.15) is 17.1 Å². The maximum atomic E-state index is 13.5. The fourth-order valence-corrected chi connectivity index (χ4v) is 9.08. The average Bonchev–Trinajstić information content (AvgIpc) is 2.82. The molecule has 35 heavy (non-hydrogen) atoms. The van der Waals surface area contributed by atoms with Crippen molar-refractivity contribution >= 4 is 39.7 Å². The number of nitriles is 1. The number of hydrogen-bond acceptors (Lipinski definition) is 6. The van der Waals surface area contributed by atoms with Gasteiger partial charge >= 0.3 is 0 Å². The van der Waals surface area contributed by atoms with Crippen LogP contribution in [-0.4, -0.2) is 49.9 Å². The number of amidine groups is 1. The highest BCUT2D eigenvalue weighted by molar-refractivity contribution is 7.89. The molecule has 0 spiro atoms. The summed E-state index contributed by atoms with van der Waals surface area (Å²) in [6.45, 7) is 0.236. The smallest absolute Gasteiger partial charge is 0.244 e. The third-order valence-electron chi connectivity index (χ3n) is 8.39. The van der Waals surface area contributed by atoms with Gasteiger partial charge in [0.15, 0.2) is 0 Å². The summed E-state index contributed by atoms with van der Waals surface area (Å²) in [4.78, 5) is 22.2. The predicted octanol–water partition coefficient (Wildman–Crippen LogP) is 3.28. The van der Waals surface area contributed by atoms with Gasteiger partial charge in [0.05, 0.1) is 28.1 Å². The summed E-state index contributed by atoms with van der Waals surface area (Å²) in [6.07, 6.45) is 9.87. The van der Waals surface area contributed by atoms with Gasteiger partial charge in [-0.15, -0.1) is 0 Å². The zero-order chi connectivity index (χ0) is 24.4. The van der Waals surface area contributed by atoms with Gasteiger partial charge in [-0.2, -0.15) is 9.57 Å². The van der Waals surface area contributed by atoms with Gasteiger partial charge in [0.2, 0.25) is 15.9 Å². The first kappa shape index (κ1) is 22.9. The topological polar surface area (TPSA) is 115 Å². The van der Waals surface area contributed by atoms with Crippen molar-refractivity contribution in [2.24, 2.45) is 33.2 Å². The molecule has 1 aromatic rings. The van der Waals surface area contributed by atoms with Crippen LogP contribution in [0.15, 0.2) is 44.7 Å². The summed E-state index contributed by atoms with van der Waals surface area (Å²) in [5.41, 5.74) is 0.753. The molecule has 1 N–H and O–H groups in total. The molecule has 4 aliphatic carbocycles. The quantitative estimate of drug-likeness (QED) is 0.670. The van der Waals surface area contributed by atoms with Gasteiger partial charge in [-0.25, -0.2) is 13.4 Å². The van der Waals surface area contributed by atoms with E-state index in [1.807, 2.05) is 6.07 Å². The lowest BCUT2D eigenvalue weighted by Crippen LogP contribution is -2.55. The maximum absolute atomic E-state index is 13.5. The monoisotopic (exact) mass is 511 g/mol. The lowest BCUT2D eigenvalue weighted by atomic mass is 9.49. The minimum atomic E-state index is -3.89. The number of amides is 1. The van der Waals surface area contributed by atoms with Crippen LogP contribution in [0.2, 0.25) is 5.02 Å². The van der Waals surface area contributed by atoms with Crippen molar-refractivity contribution in [2.45, 2.75) is 49.5 Å². The van der Waals surface area contributed by atoms with Gasteiger partial charge in [0, 0.05) is 18.7 Å². The summed E-state index contributed by atoms with van der Waals surface area (Å²) >= 11 is 6.19. The van der Waals surface area contributed by atoms with E-state index in [1.54, 1.807) is 6.08 Å². The maximum Gasteiger partial charge on any atom is 0.244 e. The minimum Gasteiger partial charge on any atom is -0.310 e. The van der Waals surface area contributed by atoms with E-state index in [0.29, 0.717) is 29.2 Å². The van der Waals surface area contributed by atoms with E-state index >= 15 is 0 Å². The van der Waals surface area contributed by atoms with Gasteiger partial charge in [-0.05, 0) is 74.5 Å². The summed E-state index contributed by atoms with van der Waals surface area (Å²) in [6, 6.07) is 5.64. The van der Waals surface area contributed by atoms with Crippen LogP contribution in [0, 0.1) is 34.5 Å². The van der Waals surface area contributed by atoms with E-state index in [2.05, 4.69) is 15.3 Å². The molecule has 1 amide bonds. The van der Waals surface area contributed by atoms with Gasteiger partial charge in [-0.3, -0.25) is 9.79 Å². The normalized spacial score (nSPS) is 33.5. The number of nitrogens with zero attached hydrogens (tertiary/aromatic N) is 4. The third kappa shape index (κ3) is 3.83. The van der Waals surface area contributed by atoms with E-state index < -0.39 is 16.1 Å². The van der Waals surface area contributed by atoms with Crippen LogP contribution >= 0.6 is 11.6 Å². The third-order valence-corrected chi connectivity index (χ3v) is 10.7. The SMILES string of the molecule is N#Cc1ccc(S(=O)(=O)N2CC=C3C(NC(=O)C45CC6CC(CC(C6)C4)C5)=NC=NC3C2)c(Cl)c1. The molecule has 6 aliphatic rings. The Labute approximate surface area is 209 Å². The summed E-state index contributed by atoms with van der Waals surface area (Å²) < 4.78 is 27.9. The standard InChI is InChI=1S/C25H26ClN5O3S/c26-20-8-15(12-27)1-2-22(20)35(33,34)31-4-3-19-21(13-31)28-14-29-23(19)30-24(32)25-9-16-5-17(10-25)7-18(6-16)11-25/h1-3,8,14,16-18,21H,4-7,9-11,13H2,(H,28,29,30,32). The molecule has 0 radical (unpaired) electrons. The second-order valence-corrected chi connectivity index (χ2v) is 13.0.